The fourth-order valence-corrected chi connectivity index (χ4v) is 1.89. The van der Waals surface area contributed by atoms with Gasteiger partial charge in [0, 0.05) is 19.2 Å². The largest absolute Gasteiger partial charge is 0.438 e. The van der Waals surface area contributed by atoms with Crippen LogP contribution in [-0.2, 0) is 16.1 Å². The Morgan fingerprint density at radius 2 is 2.24 bits per heavy atom. The number of fused-ring (bicyclic) bond motifs is 1. The average molecular weight is 314 g/mol. The predicted octanol–water partition coefficient (Wildman–Crippen LogP) is 2.33. The van der Waals surface area contributed by atoms with Crippen LogP contribution in [0.15, 0.2) is 22.6 Å². The molecular formula is C14H20ClN3O3. The van der Waals surface area contributed by atoms with E-state index in [2.05, 4.69) is 15.6 Å². The van der Waals surface area contributed by atoms with E-state index in [0.717, 1.165) is 18.7 Å². The minimum atomic E-state index is 0. The number of hydrogen-bond acceptors (Lipinski definition) is 5. The molecule has 21 heavy (non-hydrogen) atoms. The van der Waals surface area contributed by atoms with Crippen LogP contribution < -0.4 is 10.6 Å². The second kappa shape index (κ2) is 8.61. The van der Waals surface area contributed by atoms with Gasteiger partial charge < -0.3 is 19.8 Å². The highest BCUT2D eigenvalue weighted by atomic mass is 35.5. The molecule has 7 heteroatoms. The molecule has 6 nitrogen and oxygen atoms in total. The Labute approximate surface area is 129 Å². The summed E-state index contributed by atoms with van der Waals surface area (Å²) in [5, 5.41) is 5.87. The second-order valence-electron chi connectivity index (χ2n) is 4.48. The molecule has 1 aromatic carbocycles. The molecule has 0 aliphatic heterocycles. The molecule has 1 amide bonds. The molecular weight excluding hydrogens is 294 g/mol. The number of nitrogens with zero attached hydrogens (tertiary/aromatic N) is 1. The number of amides is 1. The summed E-state index contributed by atoms with van der Waals surface area (Å²) >= 11 is 0. The van der Waals surface area contributed by atoms with Crippen LogP contribution in [0, 0.1) is 0 Å². The zero-order valence-corrected chi connectivity index (χ0v) is 13.0. The summed E-state index contributed by atoms with van der Waals surface area (Å²) in [4.78, 5) is 16.0. The second-order valence-corrected chi connectivity index (χ2v) is 4.48. The Morgan fingerprint density at radius 1 is 1.43 bits per heavy atom. The zero-order valence-electron chi connectivity index (χ0n) is 12.1. The van der Waals surface area contributed by atoms with E-state index in [1.54, 1.807) is 25.3 Å². The molecule has 0 aliphatic rings. The van der Waals surface area contributed by atoms with Gasteiger partial charge in [0.2, 0.25) is 11.8 Å². The third-order valence-corrected chi connectivity index (χ3v) is 2.81. The van der Waals surface area contributed by atoms with Crippen LogP contribution in [0.25, 0.3) is 11.1 Å². The minimum Gasteiger partial charge on any atom is -0.438 e. The molecule has 0 bridgehead atoms. The van der Waals surface area contributed by atoms with Crippen LogP contribution in [0.3, 0.4) is 0 Å². The Hall–Kier alpha value is -1.63. The number of rotatable bonds is 7. The molecule has 2 rings (SSSR count). The summed E-state index contributed by atoms with van der Waals surface area (Å²) in [6, 6.07) is 5.40. The van der Waals surface area contributed by atoms with E-state index in [1.807, 2.05) is 7.05 Å². The number of nitrogens with one attached hydrogen (secondary N) is 2. The summed E-state index contributed by atoms with van der Waals surface area (Å²) in [6.45, 7) is 1.16. The third-order valence-electron chi connectivity index (χ3n) is 2.81. The fraction of sp³-hybridized carbons (Fsp3) is 0.429. The van der Waals surface area contributed by atoms with Crippen molar-refractivity contribution in [3.05, 3.63) is 24.1 Å². The SMILES string of the molecule is CNCCCC(=O)Nc1ccc2oc(COC)nc2c1.Cl. The standard InChI is InChI=1S/C14H19N3O3.ClH/c1-15-7-3-4-13(18)16-10-5-6-12-11(8-10)17-14(20-12)9-19-2;/h5-6,8,15H,3-4,7,9H2,1-2H3,(H,16,18);1H. The lowest BCUT2D eigenvalue weighted by Gasteiger charge is -2.04. The summed E-state index contributed by atoms with van der Waals surface area (Å²) in [7, 11) is 3.46. The number of ether oxygens (including phenoxy) is 1. The quantitative estimate of drug-likeness (QED) is 0.767. The molecule has 0 aliphatic carbocycles. The molecule has 0 saturated carbocycles. The van der Waals surface area contributed by atoms with Crippen molar-refractivity contribution in [2.75, 3.05) is 26.0 Å². The minimum absolute atomic E-state index is 0. The van der Waals surface area contributed by atoms with Crippen molar-refractivity contribution in [1.29, 1.82) is 0 Å². The van der Waals surface area contributed by atoms with E-state index in [0.29, 0.717) is 30.0 Å². The van der Waals surface area contributed by atoms with Crippen molar-refractivity contribution in [2.24, 2.45) is 0 Å². The first-order chi connectivity index (χ1) is 9.72. The van der Waals surface area contributed by atoms with Gasteiger partial charge in [-0.25, -0.2) is 4.98 Å². The van der Waals surface area contributed by atoms with Crippen molar-refractivity contribution in [1.82, 2.24) is 10.3 Å². The average Bonchev–Trinajstić information content (AvgIpc) is 2.81. The summed E-state index contributed by atoms with van der Waals surface area (Å²) in [5.41, 5.74) is 2.12. The molecule has 116 valence electrons. The van der Waals surface area contributed by atoms with Crippen LogP contribution in [0.1, 0.15) is 18.7 Å². The number of methoxy groups -OCH3 is 1. The number of halogens is 1. The van der Waals surface area contributed by atoms with Gasteiger partial charge in [0.05, 0.1) is 0 Å². The molecule has 0 spiro atoms. The molecule has 1 aromatic heterocycles. The monoisotopic (exact) mass is 313 g/mol. The normalized spacial score (nSPS) is 10.4. The Morgan fingerprint density at radius 3 is 2.95 bits per heavy atom. The predicted molar refractivity (Wildman–Crippen MR) is 83.8 cm³/mol. The highest BCUT2D eigenvalue weighted by molar-refractivity contribution is 5.92. The van der Waals surface area contributed by atoms with E-state index >= 15 is 0 Å². The van der Waals surface area contributed by atoms with Gasteiger partial charge in [0.15, 0.2) is 5.58 Å². The molecule has 1 heterocycles. The number of benzene rings is 1. The van der Waals surface area contributed by atoms with E-state index in [1.165, 1.54) is 0 Å². The summed E-state index contributed by atoms with van der Waals surface area (Å²) in [5.74, 6) is 0.528. The molecule has 0 fully saturated rings. The lowest BCUT2D eigenvalue weighted by Crippen LogP contribution is -2.15. The fourth-order valence-electron chi connectivity index (χ4n) is 1.89. The molecule has 2 aromatic rings. The van der Waals surface area contributed by atoms with Crippen LogP contribution in [0.5, 0.6) is 0 Å². The summed E-state index contributed by atoms with van der Waals surface area (Å²) in [6.07, 6.45) is 1.30. The number of anilines is 1. The van der Waals surface area contributed by atoms with E-state index in [-0.39, 0.29) is 18.3 Å². The first-order valence-corrected chi connectivity index (χ1v) is 6.56. The Kier molecular flexibility index (Phi) is 7.14. The van der Waals surface area contributed by atoms with Gasteiger partial charge in [-0.2, -0.15) is 0 Å². The van der Waals surface area contributed by atoms with E-state index in [9.17, 15) is 4.79 Å². The lowest BCUT2D eigenvalue weighted by molar-refractivity contribution is -0.116. The van der Waals surface area contributed by atoms with Gasteiger partial charge in [-0.1, -0.05) is 0 Å². The first kappa shape index (κ1) is 17.4. The van der Waals surface area contributed by atoms with Gasteiger partial charge in [-0.05, 0) is 38.2 Å². The van der Waals surface area contributed by atoms with Crippen molar-refractivity contribution in [2.45, 2.75) is 19.4 Å². The van der Waals surface area contributed by atoms with Crippen LogP contribution >= 0.6 is 12.4 Å². The highest BCUT2D eigenvalue weighted by Gasteiger charge is 2.08. The number of carbonyl (C=O) groups excluding carboxylic acids is 1. The first-order valence-electron chi connectivity index (χ1n) is 6.56. The zero-order chi connectivity index (χ0) is 14.4. The van der Waals surface area contributed by atoms with Gasteiger partial charge >= 0.3 is 0 Å². The number of carbonyl (C=O) groups is 1. The van der Waals surface area contributed by atoms with Crippen molar-refractivity contribution in [3.63, 3.8) is 0 Å². The van der Waals surface area contributed by atoms with Gasteiger partial charge in [0.25, 0.3) is 0 Å². The van der Waals surface area contributed by atoms with Crippen LogP contribution in [0.4, 0.5) is 5.69 Å². The van der Waals surface area contributed by atoms with Gasteiger partial charge in [-0.15, -0.1) is 12.4 Å². The van der Waals surface area contributed by atoms with Crippen molar-refractivity contribution < 1.29 is 13.9 Å². The van der Waals surface area contributed by atoms with Crippen molar-refractivity contribution in [3.8, 4) is 0 Å². The van der Waals surface area contributed by atoms with E-state index < -0.39 is 0 Å². The maximum atomic E-state index is 11.7. The Bertz CT molecular complexity index is 586. The van der Waals surface area contributed by atoms with Crippen molar-refractivity contribution >= 4 is 35.1 Å². The molecule has 0 unspecified atom stereocenters. The van der Waals surface area contributed by atoms with Gasteiger partial charge in [0.1, 0.15) is 12.1 Å². The maximum Gasteiger partial charge on any atom is 0.224 e. The molecule has 0 radical (unpaired) electrons. The number of hydrogen-bond donors (Lipinski definition) is 2. The third kappa shape index (κ3) is 5.00. The molecule has 0 saturated heterocycles. The van der Waals surface area contributed by atoms with E-state index in [4.69, 9.17) is 9.15 Å². The summed E-state index contributed by atoms with van der Waals surface area (Å²) < 4.78 is 10.5. The molecule has 0 atom stereocenters. The highest BCUT2D eigenvalue weighted by Crippen LogP contribution is 2.20. The van der Waals surface area contributed by atoms with Crippen LogP contribution in [0.2, 0.25) is 0 Å². The van der Waals surface area contributed by atoms with Gasteiger partial charge in [-0.3, -0.25) is 4.79 Å². The molecule has 2 N–H and O–H groups in total. The number of aromatic nitrogens is 1. The lowest BCUT2D eigenvalue weighted by atomic mass is 10.2. The smallest absolute Gasteiger partial charge is 0.224 e. The Balaban J connectivity index is 0.00000220. The topological polar surface area (TPSA) is 76.4 Å². The van der Waals surface area contributed by atoms with Crippen LogP contribution in [-0.4, -0.2) is 31.6 Å². The maximum absolute atomic E-state index is 11.7. The number of oxazole rings is 1.